The maximum Gasteiger partial charge on any atom is 0.417 e. The monoisotopic (exact) mass is 472 g/mol. The van der Waals surface area contributed by atoms with Gasteiger partial charge in [0, 0.05) is 10.2 Å². The lowest BCUT2D eigenvalue weighted by atomic mass is 10.2. The highest BCUT2D eigenvalue weighted by Gasteiger charge is 2.38. The molecule has 0 fully saturated rings. The molecule has 4 N–H and O–H groups in total. The number of anilines is 1. The number of nitrogen functional groups attached to an aromatic ring is 1. The van der Waals surface area contributed by atoms with Crippen molar-refractivity contribution in [2.75, 3.05) is 5.73 Å². The predicted octanol–water partition coefficient (Wildman–Crippen LogP) is 2.67. The second-order valence-corrected chi connectivity index (χ2v) is 9.62. The van der Waals surface area contributed by atoms with Crippen molar-refractivity contribution in [2.24, 2.45) is 5.14 Å². The summed E-state index contributed by atoms with van der Waals surface area (Å²) in [5, 5.41) is 5.03. The molecule has 0 aliphatic carbocycles. The number of nitrogens with two attached hydrogens (primary N) is 2. The topological polar surface area (TPSA) is 120 Å². The van der Waals surface area contributed by atoms with Gasteiger partial charge in [0.05, 0.1) is 21.1 Å². The lowest BCUT2D eigenvalue weighted by molar-refractivity contribution is -0.139. The first-order valence-electron chi connectivity index (χ1n) is 6.73. The molecule has 0 heterocycles. The van der Waals surface area contributed by atoms with Gasteiger partial charge in [-0.15, -0.1) is 0 Å². The second-order valence-electron chi connectivity index (χ2n) is 5.28. The third-order valence-electron chi connectivity index (χ3n) is 3.36. The van der Waals surface area contributed by atoms with Gasteiger partial charge in [-0.25, -0.2) is 22.0 Å². The summed E-state index contributed by atoms with van der Waals surface area (Å²) in [4.78, 5) is -1.50. The molecule has 6 nitrogen and oxygen atoms in total. The van der Waals surface area contributed by atoms with Crippen molar-refractivity contribution >= 4 is 41.5 Å². The SMILES string of the molecule is Nc1cc(C(F)(F)F)c(S(=O)(=O)Cc2ccccc2S(N)(=O)=O)cc1Br. The molecule has 0 saturated carbocycles. The molecule has 0 aliphatic heterocycles. The summed E-state index contributed by atoms with van der Waals surface area (Å²) in [7, 11) is -8.83. The first kappa shape index (κ1) is 20.7. The van der Waals surface area contributed by atoms with Gasteiger partial charge in [-0.2, -0.15) is 13.2 Å². The second kappa shape index (κ2) is 6.83. The van der Waals surface area contributed by atoms with E-state index in [1.165, 1.54) is 12.1 Å². The fourth-order valence-electron chi connectivity index (χ4n) is 2.23. The lowest BCUT2D eigenvalue weighted by Gasteiger charge is -2.16. The van der Waals surface area contributed by atoms with Crippen LogP contribution < -0.4 is 10.9 Å². The molecule has 0 amide bonds. The van der Waals surface area contributed by atoms with Gasteiger partial charge >= 0.3 is 6.18 Å². The number of alkyl halides is 3. The zero-order valence-corrected chi connectivity index (χ0v) is 16.0. The Balaban J connectivity index is 2.66. The van der Waals surface area contributed by atoms with E-state index >= 15 is 0 Å². The third kappa shape index (κ3) is 4.37. The van der Waals surface area contributed by atoms with Gasteiger partial charge in [-0.05, 0) is 39.7 Å². The number of hydrogen-bond acceptors (Lipinski definition) is 5. The minimum atomic E-state index is -4.98. The summed E-state index contributed by atoms with van der Waals surface area (Å²) in [5.74, 6) is -0.987. The molecule has 12 heteroatoms. The largest absolute Gasteiger partial charge is 0.417 e. The van der Waals surface area contributed by atoms with Gasteiger partial charge in [0.25, 0.3) is 0 Å². The number of halogens is 4. The zero-order valence-electron chi connectivity index (χ0n) is 12.8. The van der Waals surface area contributed by atoms with Crippen LogP contribution in [0.3, 0.4) is 0 Å². The van der Waals surface area contributed by atoms with E-state index in [9.17, 15) is 30.0 Å². The van der Waals surface area contributed by atoms with E-state index in [2.05, 4.69) is 15.9 Å². The van der Waals surface area contributed by atoms with Gasteiger partial charge in [0.15, 0.2) is 9.84 Å². The summed E-state index contributed by atoms with van der Waals surface area (Å²) >= 11 is 2.90. The number of hydrogen-bond donors (Lipinski definition) is 2. The Morgan fingerprint density at radius 2 is 1.58 bits per heavy atom. The summed E-state index contributed by atoms with van der Waals surface area (Å²) in [5.41, 5.74) is 3.46. The van der Waals surface area contributed by atoms with Crippen molar-refractivity contribution in [1.29, 1.82) is 0 Å². The van der Waals surface area contributed by atoms with Crippen molar-refractivity contribution in [1.82, 2.24) is 0 Å². The Hall–Kier alpha value is -1.63. The number of sulfonamides is 1. The summed E-state index contributed by atoms with van der Waals surface area (Å²) in [6.45, 7) is 0. The fraction of sp³-hybridized carbons (Fsp3) is 0.143. The molecule has 2 aromatic carbocycles. The molecule has 0 unspecified atom stereocenters. The number of sulfone groups is 1. The highest BCUT2D eigenvalue weighted by molar-refractivity contribution is 9.10. The molecule has 2 aromatic rings. The first-order valence-corrected chi connectivity index (χ1v) is 10.7. The van der Waals surface area contributed by atoms with Gasteiger partial charge < -0.3 is 5.73 Å². The van der Waals surface area contributed by atoms with Crippen molar-refractivity contribution in [2.45, 2.75) is 21.7 Å². The van der Waals surface area contributed by atoms with Crippen LogP contribution in [0.4, 0.5) is 18.9 Å². The highest BCUT2D eigenvalue weighted by atomic mass is 79.9. The van der Waals surface area contributed by atoms with Gasteiger partial charge in [0.2, 0.25) is 10.0 Å². The van der Waals surface area contributed by atoms with Crippen LogP contribution in [0.5, 0.6) is 0 Å². The molecule has 0 aliphatic rings. The maximum absolute atomic E-state index is 13.2. The Labute approximate surface area is 156 Å². The minimum Gasteiger partial charge on any atom is -0.398 e. The number of benzene rings is 2. The average Bonchev–Trinajstić information content (AvgIpc) is 2.47. The maximum atomic E-state index is 13.2. The van der Waals surface area contributed by atoms with Crippen molar-refractivity contribution in [3.8, 4) is 0 Å². The molecule has 26 heavy (non-hydrogen) atoms. The quantitative estimate of drug-likeness (QED) is 0.662. The van der Waals surface area contributed by atoms with Crippen LogP contribution in [0.1, 0.15) is 11.1 Å². The zero-order chi connectivity index (χ0) is 19.9. The van der Waals surface area contributed by atoms with Crippen LogP contribution in [0.2, 0.25) is 0 Å². The Kier molecular flexibility index (Phi) is 5.43. The number of primary sulfonamides is 1. The highest BCUT2D eigenvalue weighted by Crippen LogP contribution is 2.39. The summed E-state index contributed by atoms with van der Waals surface area (Å²) < 4.78 is 88.1. The smallest absolute Gasteiger partial charge is 0.398 e. The molecule has 0 bridgehead atoms. The third-order valence-corrected chi connectivity index (χ3v) is 6.76. The van der Waals surface area contributed by atoms with Crippen LogP contribution in [0.25, 0.3) is 0 Å². The van der Waals surface area contributed by atoms with Crippen LogP contribution in [0, 0.1) is 0 Å². The number of rotatable bonds is 4. The first-order chi connectivity index (χ1) is 11.7. The van der Waals surface area contributed by atoms with Crippen molar-refractivity contribution in [3.05, 3.63) is 52.0 Å². The van der Waals surface area contributed by atoms with E-state index in [-0.39, 0.29) is 15.7 Å². The van der Waals surface area contributed by atoms with Gasteiger partial charge in [-0.1, -0.05) is 18.2 Å². The molecule has 2 rings (SSSR count). The lowest BCUT2D eigenvalue weighted by Crippen LogP contribution is -2.18. The van der Waals surface area contributed by atoms with Crippen LogP contribution >= 0.6 is 15.9 Å². The standard InChI is InChI=1S/C14H12BrF3N2O4S2/c15-10-6-13(9(5-11(10)19)14(16,17)18)25(21,22)7-8-3-1-2-4-12(8)26(20,23)24/h1-6H,7,19H2,(H2,20,23,24). The van der Waals surface area contributed by atoms with E-state index < -0.39 is 47.1 Å². The van der Waals surface area contributed by atoms with E-state index in [1.54, 1.807) is 0 Å². The fourth-order valence-corrected chi connectivity index (χ4v) is 5.22. The average molecular weight is 473 g/mol. The van der Waals surface area contributed by atoms with Crippen molar-refractivity contribution in [3.63, 3.8) is 0 Å². The Morgan fingerprint density at radius 1 is 1.00 bits per heavy atom. The van der Waals surface area contributed by atoms with Crippen LogP contribution in [-0.4, -0.2) is 16.8 Å². The summed E-state index contributed by atoms with van der Waals surface area (Å²) in [6.07, 6.45) is -4.98. The Morgan fingerprint density at radius 3 is 2.12 bits per heavy atom. The molecule has 0 saturated heterocycles. The van der Waals surface area contributed by atoms with Gasteiger partial charge in [-0.3, -0.25) is 0 Å². The van der Waals surface area contributed by atoms with Gasteiger partial charge in [0.1, 0.15) is 0 Å². The molecule has 0 spiro atoms. The summed E-state index contributed by atoms with van der Waals surface area (Å²) in [6, 6.07) is 6.15. The van der Waals surface area contributed by atoms with Crippen LogP contribution in [0.15, 0.2) is 50.7 Å². The van der Waals surface area contributed by atoms with E-state index in [0.29, 0.717) is 6.07 Å². The normalized spacial score (nSPS) is 13.0. The molecule has 142 valence electrons. The van der Waals surface area contributed by atoms with Crippen LogP contribution in [-0.2, 0) is 31.8 Å². The van der Waals surface area contributed by atoms with E-state index in [0.717, 1.165) is 18.2 Å². The molecular weight excluding hydrogens is 461 g/mol. The van der Waals surface area contributed by atoms with E-state index in [1.807, 2.05) is 0 Å². The van der Waals surface area contributed by atoms with Crippen molar-refractivity contribution < 1.29 is 30.0 Å². The molecular formula is C14H12BrF3N2O4S2. The molecule has 0 radical (unpaired) electrons. The Bertz CT molecular complexity index is 1070. The molecule has 0 atom stereocenters. The van der Waals surface area contributed by atoms with E-state index in [4.69, 9.17) is 10.9 Å². The molecule has 0 aromatic heterocycles. The minimum absolute atomic E-state index is 0.0381. The predicted molar refractivity (Wildman–Crippen MR) is 92.3 cm³/mol.